The SMILES string of the molecule is CC(C)C(NC(=O)OC(C)(C)C)C(=O)NCC(=O)Nc1ccc(CO)c([N+](=O)[O-])c1. The fourth-order valence-corrected chi connectivity index (χ4v) is 2.40. The first-order chi connectivity index (χ1) is 13.8. The summed E-state index contributed by atoms with van der Waals surface area (Å²) >= 11 is 0. The number of ether oxygens (including phenoxy) is 1. The number of benzene rings is 1. The van der Waals surface area contributed by atoms with Crippen LogP contribution in [0.4, 0.5) is 16.2 Å². The largest absolute Gasteiger partial charge is 0.444 e. The number of alkyl carbamates (subject to hydrolysis) is 1. The third-order valence-electron chi connectivity index (χ3n) is 3.78. The van der Waals surface area contributed by atoms with Crippen LogP contribution in [0.5, 0.6) is 0 Å². The van der Waals surface area contributed by atoms with Crippen LogP contribution in [0.2, 0.25) is 0 Å². The number of hydrogen-bond acceptors (Lipinski definition) is 7. The van der Waals surface area contributed by atoms with E-state index >= 15 is 0 Å². The number of carbonyl (C=O) groups is 3. The van der Waals surface area contributed by atoms with Crippen molar-refractivity contribution in [2.75, 3.05) is 11.9 Å². The lowest BCUT2D eigenvalue weighted by Crippen LogP contribution is -2.52. The van der Waals surface area contributed by atoms with Gasteiger partial charge in [-0.3, -0.25) is 19.7 Å². The van der Waals surface area contributed by atoms with Gasteiger partial charge in [-0.1, -0.05) is 13.8 Å². The molecular formula is C19H28N4O7. The summed E-state index contributed by atoms with van der Waals surface area (Å²) in [5.41, 5.74) is -0.804. The minimum atomic E-state index is -0.919. The van der Waals surface area contributed by atoms with Crippen molar-refractivity contribution in [2.45, 2.75) is 52.9 Å². The maximum Gasteiger partial charge on any atom is 0.408 e. The van der Waals surface area contributed by atoms with Gasteiger partial charge in [0.05, 0.1) is 23.6 Å². The second kappa shape index (κ2) is 10.5. The zero-order valence-electron chi connectivity index (χ0n) is 17.6. The Labute approximate surface area is 174 Å². The average Bonchev–Trinajstić information content (AvgIpc) is 2.62. The van der Waals surface area contributed by atoms with Gasteiger partial charge in [-0.2, -0.15) is 0 Å². The van der Waals surface area contributed by atoms with Gasteiger partial charge in [-0.25, -0.2) is 4.79 Å². The van der Waals surface area contributed by atoms with Gasteiger partial charge >= 0.3 is 6.09 Å². The van der Waals surface area contributed by atoms with E-state index < -0.39 is 47.6 Å². The number of anilines is 1. The van der Waals surface area contributed by atoms with Crippen LogP contribution in [-0.4, -0.2) is 46.1 Å². The van der Waals surface area contributed by atoms with Gasteiger partial charge in [0.25, 0.3) is 5.69 Å². The summed E-state index contributed by atoms with van der Waals surface area (Å²) in [6.45, 7) is 7.61. The minimum Gasteiger partial charge on any atom is -0.444 e. The molecule has 0 aliphatic rings. The van der Waals surface area contributed by atoms with Crippen molar-refractivity contribution in [1.82, 2.24) is 10.6 Å². The fourth-order valence-electron chi connectivity index (χ4n) is 2.40. The molecule has 11 heteroatoms. The Kier molecular flexibility index (Phi) is 8.72. The summed E-state index contributed by atoms with van der Waals surface area (Å²) in [5, 5.41) is 27.5. The second-order valence-corrected chi connectivity index (χ2v) is 7.89. The van der Waals surface area contributed by atoms with E-state index in [1.54, 1.807) is 34.6 Å². The standard InChI is InChI=1S/C19H28N4O7/c1-11(2)16(22-18(27)30-19(3,4)5)17(26)20-9-15(25)21-13-7-6-12(10-24)14(8-13)23(28)29/h6-8,11,16,24H,9-10H2,1-5H3,(H,20,26)(H,21,25)(H,22,27). The summed E-state index contributed by atoms with van der Waals surface area (Å²) in [7, 11) is 0. The number of aliphatic hydroxyl groups excluding tert-OH is 1. The minimum absolute atomic E-state index is 0.110. The summed E-state index contributed by atoms with van der Waals surface area (Å²) in [6.07, 6.45) is -0.753. The van der Waals surface area contributed by atoms with Crippen LogP contribution in [0, 0.1) is 16.0 Å². The zero-order valence-corrected chi connectivity index (χ0v) is 17.6. The van der Waals surface area contributed by atoms with E-state index in [0.29, 0.717) is 0 Å². The van der Waals surface area contributed by atoms with Crippen molar-refractivity contribution in [2.24, 2.45) is 5.92 Å². The van der Waals surface area contributed by atoms with E-state index in [4.69, 9.17) is 9.84 Å². The van der Waals surface area contributed by atoms with E-state index in [2.05, 4.69) is 16.0 Å². The molecule has 0 spiro atoms. The van der Waals surface area contributed by atoms with Gasteiger partial charge in [-0.15, -0.1) is 0 Å². The van der Waals surface area contributed by atoms with Gasteiger partial charge < -0.3 is 25.8 Å². The molecule has 11 nitrogen and oxygen atoms in total. The number of amides is 3. The highest BCUT2D eigenvalue weighted by Crippen LogP contribution is 2.23. The van der Waals surface area contributed by atoms with E-state index in [-0.39, 0.29) is 22.9 Å². The lowest BCUT2D eigenvalue weighted by atomic mass is 10.0. The molecule has 1 aromatic carbocycles. The van der Waals surface area contributed by atoms with Gasteiger partial charge in [0.1, 0.15) is 11.6 Å². The third kappa shape index (κ3) is 8.03. The first kappa shape index (κ1) is 24.8. The zero-order chi connectivity index (χ0) is 23.1. The topological polar surface area (TPSA) is 160 Å². The predicted octanol–water partition coefficient (Wildman–Crippen LogP) is 1.69. The molecule has 30 heavy (non-hydrogen) atoms. The van der Waals surface area contributed by atoms with Crippen LogP contribution in [0.25, 0.3) is 0 Å². The van der Waals surface area contributed by atoms with Crippen molar-refractivity contribution in [1.29, 1.82) is 0 Å². The molecule has 0 aromatic heterocycles. The summed E-state index contributed by atoms with van der Waals surface area (Å²) in [5.74, 6) is -1.46. The molecule has 1 atom stereocenters. The van der Waals surface area contributed by atoms with Crippen LogP contribution in [0.3, 0.4) is 0 Å². The molecule has 1 rings (SSSR count). The lowest BCUT2D eigenvalue weighted by molar-refractivity contribution is -0.385. The van der Waals surface area contributed by atoms with Crippen molar-refractivity contribution < 1.29 is 29.2 Å². The molecule has 166 valence electrons. The Balaban J connectivity index is 2.69. The Morgan fingerprint density at radius 2 is 1.87 bits per heavy atom. The molecule has 3 amide bonds. The molecule has 4 N–H and O–H groups in total. The highest BCUT2D eigenvalue weighted by molar-refractivity contribution is 5.96. The molecule has 0 aliphatic carbocycles. The van der Waals surface area contributed by atoms with Gasteiger partial charge in [0.15, 0.2) is 0 Å². The lowest BCUT2D eigenvalue weighted by Gasteiger charge is -2.25. The highest BCUT2D eigenvalue weighted by Gasteiger charge is 2.27. The van der Waals surface area contributed by atoms with Crippen LogP contribution < -0.4 is 16.0 Å². The Morgan fingerprint density at radius 1 is 1.23 bits per heavy atom. The smallest absolute Gasteiger partial charge is 0.408 e. The van der Waals surface area contributed by atoms with E-state index in [1.807, 2.05) is 0 Å². The number of nitrogens with one attached hydrogen (secondary N) is 3. The van der Waals surface area contributed by atoms with Gasteiger partial charge in [0, 0.05) is 11.8 Å². The molecule has 1 aromatic rings. The molecule has 0 radical (unpaired) electrons. The number of hydrogen-bond donors (Lipinski definition) is 4. The average molecular weight is 424 g/mol. The highest BCUT2D eigenvalue weighted by atomic mass is 16.6. The maximum absolute atomic E-state index is 12.4. The monoisotopic (exact) mass is 424 g/mol. The first-order valence-electron chi connectivity index (χ1n) is 9.29. The van der Waals surface area contributed by atoms with Crippen molar-refractivity contribution >= 4 is 29.3 Å². The van der Waals surface area contributed by atoms with Crippen LogP contribution in [-0.2, 0) is 20.9 Å². The van der Waals surface area contributed by atoms with Gasteiger partial charge in [-0.05, 0) is 38.8 Å². The predicted molar refractivity (Wildman–Crippen MR) is 109 cm³/mol. The number of carbonyl (C=O) groups excluding carboxylic acids is 3. The molecule has 0 saturated heterocycles. The Bertz CT molecular complexity index is 803. The number of nitro benzene ring substituents is 1. The molecule has 0 fully saturated rings. The van der Waals surface area contributed by atoms with Crippen LogP contribution >= 0.6 is 0 Å². The number of nitro groups is 1. The Morgan fingerprint density at radius 3 is 2.37 bits per heavy atom. The van der Waals surface area contributed by atoms with E-state index in [0.717, 1.165) is 6.07 Å². The molecule has 0 bridgehead atoms. The summed E-state index contributed by atoms with van der Waals surface area (Å²) in [4.78, 5) is 46.8. The van der Waals surface area contributed by atoms with Crippen molar-refractivity contribution in [3.05, 3.63) is 33.9 Å². The van der Waals surface area contributed by atoms with E-state index in [1.165, 1.54) is 12.1 Å². The molecular weight excluding hydrogens is 396 g/mol. The molecule has 0 heterocycles. The van der Waals surface area contributed by atoms with E-state index in [9.17, 15) is 24.5 Å². The Hall–Kier alpha value is -3.21. The quantitative estimate of drug-likeness (QED) is 0.365. The van der Waals surface area contributed by atoms with Crippen LogP contribution in [0.15, 0.2) is 18.2 Å². The van der Waals surface area contributed by atoms with Gasteiger partial charge in [0.2, 0.25) is 11.8 Å². The van der Waals surface area contributed by atoms with Crippen molar-refractivity contribution in [3.8, 4) is 0 Å². The molecule has 0 aliphatic heterocycles. The molecule has 1 unspecified atom stereocenters. The number of aliphatic hydroxyl groups is 1. The summed E-state index contributed by atoms with van der Waals surface area (Å²) < 4.78 is 5.14. The molecule has 0 saturated carbocycles. The maximum atomic E-state index is 12.4. The fraction of sp³-hybridized carbons (Fsp3) is 0.526. The van der Waals surface area contributed by atoms with Crippen LogP contribution in [0.1, 0.15) is 40.2 Å². The normalized spacial score (nSPS) is 12.1. The van der Waals surface area contributed by atoms with Crippen molar-refractivity contribution in [3.63, 3.8) is 0 Å². The number of rotatable bonds is 8. The first-order valence-corrected chi connectivity index (χ1v) is 9.29. The summed E-state index contributed by atoms with van der Waals surface area (Å²) in [6, 6.07) is 2.93. The number of nitrogens with zero attached hydrogens (tertiary/aromatic N) is 1. The second-order valence-electron chi connectivity index (χ2n) is 7.89. The third-order valence-corrected chi connectivity index (χ3v) is 3.78.